The molecular weight excluding hydrogens is 674 g/mol. The third kappa shape index (κ3) is 12.4. The molecule has 3 fully saturated rings. The average Bonchev–Trinajstić information content (AvgIpc) is 3.80. The Hall–Kier alpha value is -3.73. The third-order valence-electron chi connectivity index (χ3n) is 11.3. The highest BCUT2D eigenvalue weighted by Crippen LogP contribution is 2.37. The summed E-state index contributed by atoms with van der Waals surface area (Å²) >= 11 is 0. The molecule has 53 heavy (non-hydrogen) atoms. The predicted octanol–water partition coefficient (Wildman–Crippen LogP) is 5.75. The standard InChI is InChI=1S/C42H61N3O8/c1-5-28(39(50)35(47)20-21-37(49)44-38(40(43)51)30-18-10-7-11-19-30)23-36(48)34-25-32(53-42(2,3)4)26-45(34)41(52)33(29-16-8-6-9-17-29)24-31(46)22-27-14-12-13-15-27/h7,10-11,18-19,27-29,32-34,38H,5-6,8-9,12-17,20-26H2,1-4H3,(H2,43,51)(H,44,49)/t28?,32-,33+,34+,38+/m1/s1. The van der Waals surface area contributed by atoms with Crippen LogP contribution in [0, 0.1) is 23.7 Å². The van der Waals surface area contributed by atoms with Crippen molar-refractivity contribution in [3.8, 4) is 0 Å². The number of likely N-dealkylation sites (tertiary alicyclic amines) is 1. The van der Waals surface area contributed by atoms with E-state index in [4.69, 9.17) is 10.5 Å². The minimum atomic E-state index is -1.08. The summed E-state index contributed by atoms with van der Waals surface area (Å²) in [6, 6.07) is 6.56. The maximum absolute atomic E-state index is 14.6. The first-order valence-electron chi connectivity index (χ1n) is 19.9. The molecule has 2 saturated carbocycles. The van der Waals surface area contributed by atoms with Crippen LogP contribution in [-0.4, -0.2) is 70.0 Å². The number of ether oxygens (including phenoxy) is 1. The average molecular weight is 736 g/mol. The van der Waals surface area contributed by atoms with Crippen molar-refractivity contribution in [1.82, 2.24) is 10.2 Å². The number of carbonyl (C=O) groups excluding carboxylic acids is 7. The summed E-state index contributed by atoms with van der Waals surface area (Å²) in [5.41, 5.74) is 5.47. The zero-order valence-corrected chi connectivity index (χ0v) is 32.2. The van der Waals surface area contributed by atoms with Gasteiger partial charge in [-0.3, -0.25) is 33.6 Å². The summed E-state index contributed by atoms with van der Waals surface area (Å²) in [5, 5.41) is 2.54. The molecule has 1 unspecified atom stereocenters. The number of amides is 3. The fourth-order valence-corrected chi connectivity index (χ4v) is 8.58. The van der Waals surface area contributed by atoms with Crippen molar-refractivity contribution in [2.45, 2.75) is 154 Å². The number of carbonyl (C=O) groups is 7. The van der Waals surface area contributed by atoms with Crippen molar-refractivity contribution in [3.63, 3.8) is 0 Å². The van der Waals surface area contributed by atoms with Crippen LogP contribution in [0.2, 0.25) is 0 Å². The number of Topliss-reactive ketones (excluding diaryl/α,β-unsaturated/α-hetero) is 4. The van der Waals surface area contributed by atoms with Crippen LogP contribution in [0.15, 0.2) is 30.3 Å². The smallest absolute Gasteiger partial charge is 0.244 e. The fraction of sp³-hybridized carbons (Fsp3) is 0.690. The van der Waals surface area contributed by atoms with E-state index in [-0.39, 0.29) is 68.5 Å². The largest absolute Gasteiger partial charge is 0.371 e. The molecule has 1 heterocycles. The van der Waals surface area contributed by atoms with Gasteiger partial charge in [-0.25, -0.2) is 0 Å². The lowest BCUT2D eigenvalue weighted by Crippen LogP contribution is -2.47. The molecule has 3 N–H and O–H groups in total. The molecule has 0 bridgehead atoms. The van der Waals surface area contributed by atoms with Crippen LogP contribution in [0.4, 0.5) is 0 Å². The highest BCUT2D eigenvalue weighted by molar-refractivity contribution is 6.38. The van der Waals surface area contributed by atoms with Gasteiger partial charge in [0.05, 0.1) is 17.7 Å². The van der Waals surface area contributed by atoms with Crippen LogP contribution in [0.5, 0.6) is 0 Å². The highest BCUT2D eigenvalue weighted by Gasteiger charge is 2.45. The summed E-state index contributed by atoms with van der Waals surface area (Å²) in [7, 11) is 0. The molecule has 5 atom stereocenters. The van der Waals surface area contributed by atoms with Gasteiger partial charge in [0.1, 0.15) is 11.8 Å². The van der Waals surface area contributed by atoms with Gasteiger partial charge in [-0.2, -0.15) is 0 Å². The van der Waals surface area contributed by atoms with Crippen molar-refractivity contribution < 1.29 is 38.3 Å². The minimum Gasteiger partial charge on any atom is -0.371 e. The first kappa shape index (κ1) is 42.0. The summed E-state index contributed by atoms with van der Waals surface area (Å²) in [5.74, 6) is -4.20. The molecule has 0 radical (unpaired) electrons. The van der Waals surface area contributed by atoms with Crippen LogP contribution >= 0.6 is 0 Å². The Bertz CT molecular complexity index is 1460. The van der Waals surface area contributed by atoms with Crippen molar-refractivity contribution in [3.05, 3.63) is 35.9 Å². The molecule has 0 aromatic heterocycles. The molecule has 1 aromatic rings. The maximum atomic E-state index is 14.6. The Balaban J connectivity index is 1.44. The SMILES string of the molecule is CCC(CC(=O)[C@@H]1C[C@@H](OC(C)(C)C)CN1C(=O)[C@@H](CC(=O)CC1CCCC1)C1CCCCC1)C(=O)C(=O)CCC(=O)N[C@H](C(N)=O)c1ccccc1. The molecule has 292 valence electrons. The van der Waals surface area contributed by atoms with E-state index in [1.807, 2.05) is 20.8 Å². The number of rotatable bonds is 19. The Morgan fingerprint density at radius 3 is 2.13 bits per heavy atom. The van der Waals surface area contributed by atoms with E-state index in [1.54, 1.807) is 42.2 Å². The van der Waals surface area contributed by atoms with Gasteiger partial charge in [-0.1, -0.05) is 82.2 Å². The van der Waals surface area contributed by atoms with E-state index < -0.39 is 59.0 Å². The van der Waals surface area contributed by atoms with E-state index in [2.05, 4.69) is 5.32 Å². The van der Waals surface area contributed by atoms with Crippen LogP contribution in [0.25, 0.3) is 0 Å². The molecule has 0 spiro atoms. The molecule has 1 aliphatic heterocycles. The molecule has 1 saturated heterocycles. The maximum Gasteiger partial charge on any atom is 0.244 e. The van der Waals surface area contributed by atoms with Crippen molar-refractivity contribution in [2.24, 2.45) is 29.4 Å². The van der Waals surface area contributed by atoms with Crippen LogP contribution in [0.1, 0.15) is 142 Å². The summed E-state index contributed by atoms with van der Waals surface area (Å²) < 4.78 is 6.30. The lowest BCUT2D eigenvalue weighted by Gasteiger charge is -2.34. The van der Waals surface area contributed by atoms with E-state index in [0.29, 0.717) is 17.9 Å². The molecule has 11 nitrogen and oxygen atoms in total. The monoisotopic (exact) mass is 735 g/mol. The quantitative estimate of drug-likeness (QED) is 0.169. The molecule has 3 aliphatic rings. The minimum absolute atomic E-state index is 0.0767. The van der Waals surface area contributed by atoms with Crippen molar-refractivity contribution >= 4 is 40.9 Å². The Morgan fingerprint density at radius 2 is 1.53 bits per heavy atom. The highest BCUT2D eigenvalue weighted by atomic mass is 16.5. The van der Waals surface area contributed by atoms with Gasteiger partial charge in [0, 0.05) is 56.9 Å². The molecule has 11 heteroatoms. The van der Waals surface area contributed by atoms with Gasteiger partial charge in [-0.05, 0) is 57.4 Å². The van der Waals surface area contributed by atoms with Gasteiger partial charge in [-0.15, -0.1) is 0 Å². The Labute approximate surface area is 314 Å². The number of hydrogen-bond acceptors (Lipinski definition) is 8. The molecule has 1 aromatic carbocycles. The number of nitrogens with one attached hydrogen (secondary N) is 1. The van der Waals surface area contributed by atoms with Gasteiger partial charge in [0.2, 0.25) is 23.5 Å². The zero-order chi connectivity index (χ0) is 38.7. The Kier molecular flexibility index (Phi) is 15.5. The summed E-state index contributed by atoms with van der Waals surface area (Å²) in [4.78, 5) is 94.9. The van der Waals surface area contributed by atoms with Gasteiger partial charge < -0.3 is 20.7 Å². The zero-order valence-electron chi connectivity index (χ0n) is 32.2. The van der Waals surface area contributed by atoms with E-state index in [0.717, 1.165) is 57.8 Å². The normalized spacial score (nSPS) is 21.5. The Morgan fingerprint density at radius 1 is 0.887 bits per heavy atom. The predicted molar refractivity (Wildman–Crippen MR) is 200 cm³/mol. The molecular formula is C42H61N3O8. The topological polar surface area (TPSA) is 170 Å². The fourth-order valence-electron chi connectivity index (χ4n) is 8.58. The summed E-state index contributed by atoms with van der Waals surface area (Å²) in [6.45, 7) is 7.72. The third-order valence-corrected chi connectivity index (χ3v) is 11.3. The molecule has 2 aliphatic carbocycles. The molecule has 3 amide bonds. The van der Waals surface area contributed by atoms with Crippen molar-refractivity contribution in [1.29, 1.82) is 0 Å². The van der Waals surface area contributed by atoms with E-state index in [9.17, 15) is 33.6 Å². The second kappa shape index (κ2) is 19.6. The van der Waals surface area contributed by atoms with Crippen LogP contribution in [-0.2, 0) is 38.3 Å². The van der Waals surface area contributed by atoms with Crippen molar-refractivity contribution in [2.75, 3.05) is 6.54 Å². The van der Waals surface area contributed by atoms with E-state index >= 15 is 0 Å². The number of primary amides is 1. The lowest BCUT2D eigenvalue weighted by molar-refractivity contribution is -0.146. The first-order valence-corrected chi connectivity index (χ1v) is 19.9. The number of nitrogens with zero attached hydrogens (tertiary/aromatic N) is 1. The number of benzene rings is 1. The number of hydrogen-bond donors (Lipinski definition) is 2. The lowest BCUT2D eigenvalue weighted by atomic mass is 9.76. The van der Waals surface area contributed by atoms with Gasteiger partial charge >= 0.3 is 0 Å². The van der Waals surface area contributed by atoms with Crippen LogP contribution in [0.3, 0.4) is 0 Å². The van der Waals surface area contributed by atoms with E-state index in [1.165, 1.54) is 0 Å². The number of nitrogens with two attached hydrogens (primary N) is 1. The molecule has 4 rings (SSSR count). The second-order valence-electron chi connectivity index (χ2n) is 16.6. The van der Waals surface area contributed by atoms with Gasteiger partial charge in [0.25, 0.3) is 0 Å². The first-order chi connectivity index (χ1) is 25.2. The van der Waals surface area contributed by atoms with Gasteiger partial charge in [0.15, 0.2) is 11.6 Å². The van der Waals surface area contributed by atoms with Crippen LogP contribution < -0.4 is 11.1 Å². The number of ketones is 4. The second-order valence-corrected chi connectivity index (χ2v) is 16.6. The summed E-state index contributed by atoms with van der Waals surface area (Å²) in [6.07, 6.45) is 9.14.